The zero-order valence-corrected chi connectivity index (χ0v) is 14.7. The number of carbonyl (C=O) groups excluding carboxylic acids is 1. The van der Waals surface area contributed by atoms with Crippen LogP contribution in [-0.4, -0.2) is 18.2 Å². The number of nitrogens with zero attached hydrogens (tertiary/aromatic N) is 1. The summed E-state index contributed by atoms with van der Waals surface area (Å²) in [6.45, 7) is 1.93. The minimum Gasteiger partial charge on any atom is -0.496 e. The number of halogens is 1. The SMILES string of the molecule is COc1ccccc1C=C1SC(=Nc2ccc(C)c(Cl)c2)NC1=O. The number of aryl methyl sites for hydroxylation is 1. The van der Waals surface area contributed by atoms with Gasteiger partial charge in [-0.1, -0.05) is 35.9 Å². The Morgan fingerprint density at radius 3 is 2.79 bits per heavy atom. The first-order chi connectivity index (χ1) is 11.6. The summed E-state index contributed by atoms with van der Waals surface area (Å²) in [5.41, 5.74) is 2.53. The molecule has 1 amide bonds. The highest BCUT2D eigenvalue weighted by atomic mass is 35.5. The lowest BCUT2D eigenvalue weighted by atomic mass is 10.2. The molecule has 0 saturated carbocycles. The number of rotatable bonds is 3. The molecule has 3 rings (SSSR count). The number of hydrogen-bond acceptors (Lipinski definition) is 4. The van der Waals surface area contributed by atoms with Crippen molar-refractivity contribution in [1.82, 2.24) is 5.32 Å². The Kier molecular flexibility index (Phi) is 4.92. The van der Waals surface area contributed by atoms with E-state index in [1.165, 1.54) is 11.8 Å². The zero-order valence-electron chi connectivity index (χ0n) is 13.2. The van der Waals surface area contributed by atoms with Crippen LogP contribution in [0.3, 0.4) is 0 Å². The Morgan fingerprint density at radius 2 is 2.04 bits per heavy atom. The van der Waals surface area contributed by atoms with Crippen LogP contribution >= 0.6 is 23.4 Å². The largest absolute Gasteiger partial charge is 0.496 e. The Morgan fingerprint density at radius 1 is 1.25 bits per heavy atom. The van der Waals surface area contributed by atoms with E-state index in [4.69, 9.17) is 16.3 Å². The second-order valence-corrected chi connectivity index (χ2v) is 6.60. The van der Waals surface area contributed by atoms with Crippen LogP contribution in [0, 0.1) is 6.92 Å². The van der Waals surface area contributed by atoms with Gasteiger partial charge in [-0.25, -0.2) is 4.99 Å². The summed E-state index contributed by atoms with van der Waals surface area (Å²) in [7, 11) is 1.60. The summed E-state index contributed by atoms with van der Waals surface area (Å²) >= 11 is 7.40. The lowest BCUT2D eigenvalue weighted by molar-refractivity contribution is -0.115. The van der Waals surface area contributed by atoms with Crippen molar-refractivity contribution in [2.24, 2.45) is 4.99 Å². The van der Waals surface area contributed by atoms with Gasteiger partial charge in [0.25, 0.3) is 5.91 Å². The number of nitrogens with one attached hydrogen (secondary N) is 1. The maximum absolute atomic E-state index is 12.2. The van der Waals surface area contributed by atoms with E-state index < -0.39 is 0 Å². The van der Waals surface area contributed by atoms with E-state index in [1.807, 2.05) is 43.3 Å². The Bertz CT molecular complexity index is 862. The molecule has 0 radical (unpaired) electrons. The van der Waals surface area contributed by atoms with Gasteiger partial charge in [-0.2, -0.15) is 0 Å². The van der Waals surface area contributed by atoms with E-state index in [9.17, 15) is 4.79 Å². The molecular formula is C18H15ClN2O2S. The fourth-order valence-electron chi connectivity index (χ4n) is 2.18. The maximum atomic E-state index is 12.2. The first-order valence-electron chi connectivity index (χ1n) is 7.25. The minimum atomic E-state index is -0.178. The lowest BCUT2D eigenvalue weighted by Crippen LogP contribution is -2.19. The van der Waals surface area contributed by atoms with Crippen molar-refractivity contribution in [2.45, 2.75) is 6.92 Å². The first kappa shape index (κ1) is 16.6. The molecule has 24 heavy (non-hydrogen) atoms. The number of thioether (sulfide) groups is 1. The third-order valence-corrected chi connectivity index (χ3v) is 4.78. The molecule has 1 N–H and O–H groups in total. The van der Waals surface area contributed by atoms with Crippen LogP contribution in [-0.2, 0) is 4.79 Å². The highest BCUT2D eigenvalue weighted by molar-refractivity contribution is 8.18. The number of aliphatic imine (C=N–C) groups is 1. The van der Waals surface area contributed by atoms with Gasteiger partial charge >= 0.3 is 0 Å². The fraction of sp³-hybridized carbons (Fsp3) is 0.111. The van der Waals surface area contributed by atoms with Gasteiger partial charge in [0.1, 0.15) is 5.75 Å². The van der Waals surface area contributed by atoms with Crippen LogP contribution in [0.1, 0.15) is 11.1 Å². The summed E-state index contributed by atoms with van der Waals surface area (Å²) in [4.78, 5) is 17.2. The molecule has 2 aromatic rings. The van der Waals surface area contributed by atoms with Crippen molar-refractivity contribution in [1.29, 1.82) is 0 Å². The van der Waals surface area contributed by atoms with Gasteiger partial charge in [-0.15, -0.1) is 0 Å². The van der Waals surface area contributed by atoms with Gasteiger partial charge in [-0.05, 0) is 48.5 Å². The normalized spacial score (nSPS) is 17.4. The molecule has 1 aliphatic rings. The van der Waals surface area contributed by atoms with E-state index >= 15 is 0 Å². The molecule has 0 aliphatic carbocycles. The van der Waals surface area contributed by atoms with Gasteiger partial charge in [0, 0.05) is 10.6 Å². The molecule has 2 aromatic carbocycles. The Balaban J connectivity index is 1.86. The van der Waals surface area contributed by atoms with Crippen LogP contribution in [0.5, 0.6) is 5.75 Å². The zero-order chi connectivity index (χ0) is 17.1. The van der Waals surface area contributed by atoms with E-state index in [0.29, 0.717) is 26.5 Å². The van der Waals surface area contributed by atoms with Gasteiger partial charge in [0.15, 0.2) is 5.17 Å². The van der Waals surface area contributed by atoms with Crippen molar-refractivity contribution in [2.75, 3.05) is 7.11 Å². The predicted molar refractivity (Wildman–Crippen MR) is 100.0 cm³/mol. The molecule has 1 heterocycles. The standard InChI is InChI=1S/C18H15ClN2O2S/c1-11-7-8-13(10-14(11)19)20-18-21-17(22)16(24-18)9-12-5-3-4-6-15(12)23-2/h3-10H,1-2H3,(H,20,21,22). The van der Waals surface area contributed by atoms with Crippen molar-refractivity contribution in [3.8, 4) is 5.75 Å². The van der Waals surface area contributed by atoms with Gasteiger partial charge in [-0.3, -0.25) is 4.79 Å². The lowest BCUT2D eigenvalue weighted by Gasteiger charge is -2.03. The molecule has 0 spiro atoms. The smallest absolute Gasteiger partial charge is 0.264 e. The molecule has 6 heteroatoms. The van der Waals surface area contributed by atoms with Crippen LogP contribution in [0.4, 0.5) is 5.69 Å². The summed E-state index contributed by atoms with van der Waals surface area (Å²) in [6, 6.07) is 13.1. The summed E-state index contributed by atoms with van der Waals surface area (Å²) in [6.07, 6.45) is 1.80. The van der Waals surface area contributed by atoms with Gasteiger partial charge < -0.3 is 10.1 Å². The molecule has 0 atom stereocenters. The van der Waals surface area contributed by atoms with Crippen LogP contribution in [0.15, 0.2) is 52.4 Å². The van der Waals surface area contributed by atoms with E-state index in [1.54, 1.807) is 19.3 Å². The quantitative estimate of drug-likeness (QED) is 0.819. The predicted octanol–water partition coefficient (Wildman–Crippen LogP) is 4.55. The van der Waals surface area contributed by atoms with Crippen molar-refractivity contribution < 1.29 is 9.53 Å². The molecular weight excluding hydrogens is 344 g/mol. The van der Waals surface area contributed by atoms with Crippen molar-refractivity contribution in [3.05, 3.63) is 63.5 Å². The summed E-state index contributed by atoms with van der Waals surface area (Å²) < 4.78 is 5.31. The van der Waals surface area contributed by atoms with Crippen LogP contribution in [0.25, 0.3) is 6.08 Å². The second kappa shape index (κ2) is 7.11. The molecule has 1 aliphatic heterocycles. The third-order valence-electron chi connectivity index (χ3n) is 3.46. The van der Waals surface area contributed by atoms with Crippen LogP contribution < -0.4 is 10.1 Å². The number of para-hydroxylation sites is 1. The molecule has 1 fully saturated rings. The van der Waals surface area contributed by atoms with E-state index in [-0.39, 0.29) is 5.91 Å². The fourth-order valence-corrected chi connectivity index (χ4v) is 3.18. The summed E-state index contributed by atoms with van der Waals surface area (Å²) in [5.74, 6) is 0.539. The number of hydrogen-bond donors (Lipinski definition) is 1. The Hall–Kier alpha value is -2.24. The third kappa shape index (κ3) is 3.63. The number of benzene rings is 2. The number of carbonyl (C=O) groups is 1. The highest BCUT2D eigenvalue weighted by Gasteiger charge is 2.24. The highest BCUT2D eigenvalue weighted by Crippen LogP contribution is 2.31. The monoisotopic (exact) mass is 358 g/mol. The summed E-state index contributed by atoms with van der Waals surface area (Å²) in [5, 5.41) is 3.94. The van der Waals surface area contributed by atoms with Gasteiger partial charge in [0.2, 0.25) is 0 Å². The molecule has 0 unspecified atom stereocenters. The molecule has 0 aromatic heterocycles. The Labute approximate surface area is 149 Å². The number of amidine groups is 1. The van der Waals surface area contributed by atoms with Crippen LogP contribution in [0.2, 0.25) is 5.02 Å². The van der Waals surface area contributed by atoms with Crippen molar-refractivity contribution in [3.63, 3.8) is 0 Å². The average molecular weight is 359 g/mol. The first-order valence-corrected chi connectivity index (χ1v) is 8.45. The maximum Gasteiger partial charge on any atom is 0.264 e. The van der Waals surface area contributed by atoms with E-state index in [0.717, 1.165) is 11.1 Å². The molecule has 122 valence electrons. The molecule has 0 bridgehead atoms. The number of amides is 1. The minimum absolute atomic E-state index is 0.178. The topological polar surface area (TPSA) is 50.7 Å². The average Bonchev–Trinajstić information content (AvgIpc) is 2.91. The number of ether oxygens (including phenoxy) is 1. The number of methoxy groups -OCH3 is 1. The molecule has 1 saturated heterocycles. The van der Waals surface area contributed by atoms with Gasteiger partial charge in [0.05, 0.1) is 17.7 Å². The van der Waals surface area contributed by atoms with E-state index in [2.05, 4.69) is 10.3 Å². The molecule has 4 nitrogen and oxygen atoms in total. The second-order valence-electron chi connectivity index (χ2n) is 5.16. The van der Waals surface area contributed by atoms with Crippen molar-refractivity contribution >= 4 is 46.2 Å².